The van der Waals surface area contributed by atoms with E-state index in [1.165, 1.54) is 11.3 Å². The summed E-state index contributed by atoms with van der Waals surface area (Å²) in [5.41, 5.74) is -0.0266. The third-order valence-electron chi connectivity index (χ3n) is 4.03. The summed E-state index contributed by atoms with van der Waals surface area (Å²) < 4.78 is 5.19. The number of carbonyl (C=O) groups excluding carboxylic acids is 1. The average Bonchev–Trinajstić information content (AvgIpc) is 3.09. The second-order valence-corrected chi connectivity index (χ2v) is 6.60. The van der Waals surface area contributed by atoms with Crippen LogP contribution in [-0.2, 0) is 0 Å². The monoisotopic (exact) mass is 292 g/mol. The van der Waals surface area contributed by atoms with Crippen LogP contribution in [0.2, 0.25) is 0 Å². The van der Waals surface area contributed by atoms with Gasteiger partial charge in [-0.05, 0) is 17.9 Å². The summed E-state index contributed by atoms with van der Waals surface area (Å²) in [7, 11) is 0. The molecule has 0 aliphatic heterocycles. The third kappa shape index (κ3) is 2.14. The van der Waals surface area contributed by atoms with Gasteiger partial charge >= 0.3 is 0 Å². The maximum absolute atomic E-state index is 12.1. The molecule has 20 heavy (non-hydrogen) atoms. The number of nitrogens with one attached hydrogen (secondary N) is 1. The van der Waals surface area contributed by atoms with Gasteiger partial charge in [0.15, 0.2) is 11.5 Å². The van der Waals surface area contributed by atoms with E-state index in [0.29, 0.717) is 12.2 Å². The van der Waals surface area contributed by atoms with E-state index < -0.39 is 0 Å². The lowest BCUT2D eigenvalue weighted by Gasteiger charge is -2.49. The zero-order chi connectivity index (χ0) is 14.3. The molecule has 1 aliphatic carbocycles. The predicted molar refractivity (Wildman–Crippen MR) is 75.5 cm³/mol. The lowest BCUT2D eigenvalue weighted by atomic mass is 9.64. The highest BCUT2D eigenvalue weighted by molar-refractivity contribution is 7.13. The van der Waals surface area contributed by atoms with Crippen LogP contribution in [0.4, 0.5) is 0 Å². The van der Waals surface area contributed by atoms with Crippen molar-refractivity contribution in [3.8, 4) is 10.6 Å². The van der Waals surface area contributed by atoms with Crippen molar-refractivity contribution in [3.63, 3.8) is 0 Å². The summed E-state index contributed by atoms with van der Waals surface area (Å²) in [6.45, 7) is 3.87. The van der Waals surface area contributed by atoms with Crippen LogP contribution in [0.25, 0.3) is 10.6 Å². The molecule has 2 N–H and O–H groups in total. The van der Waals surface area contributed by atoms with Gasteiger partial charge in [-0.15, -0.1) is 11.3 Å². The molecule has 1 fully saturated rings. The van der Waals surface area contributed by atoms with Crippen LogP contribution in [-0.4, -0.2) is 28.3 Å². The van der Waals surface area contributed by atoms with Crippen LogP contribution in [0.15, 0.2) is 28.1 Å². The van der Waals surface area contributed by atoms with E-state index >= 15 is 0 Å². The van der Waals surface area contributed by atoms with Gasteiger partial charge in [0, 0.05) is 17.5 Å². The van der Waals surface area contributed by atoms with Crippen molar-refractivity contribution in [1.29, 1.82) is 0 Å². The summed E-state index contributed by atoms with van der Waals surface area (Å²) in [6, 6.07) is 5.44. The molecule has 0 spiro atoms. The second kappa shape index (κ2) is 4.71. The van der Waals surface area contributed by atoms with Gasteiger partial charge in [0.2, 0.25) is 0 Å². The van der Waals surface area contributed by atoms with Gasteiger partial charge < -0.3 is 14.9 Å². The number of rotatable bonds is 3. The van der Waals surface area contributed by atoms with Gasteiger partial charge in [-0.2, -0.15) is 0 Å². The Labute approximate surface area is 120 Å². The molecule has 0 bridgehead atoms. The van der Waals surface area contributed by atoms with Gasteiger partial charge in [-0.1, -0.05) is 25.1 Å². The summed E-state index contributed by atoms with van der Waals surface area (Å²) in [5.74, 6) is 0.333. The molecule has 2 heterocycles. The Morgan fingerprint density at radius 1 is 1.60 bits per heavy atom. The zero-order valence-electron chi connectivity index (χ0n) is 11.3. The number of hydrogen-bond acceptors (Lipinski definition) is 5. The molecule has 1 aliphatic rings. The first kappa shape index (κ1) is 13.3. The summed E-state index contributed by atoms with van der Waals surface area (Å²) in [6.07, 6.45) is 0.209. The number of nitrogens with zero attached hydrogens (tertiary/aromatic N) is 1. The van der Waals surface area contributed by atoms with Crippen molar-refractivity contribution in [1.82, 2.24) is 10.5 Å². The molecule has 106 valence electrons. The van der Waals surface area contributed by atoms with E-state index in [1.54, 1.807) is 6.07 Å². The fourth-order valence-corrected chi connectivity index (χ4v) is 2.97. The van der Waals surface area contributed by atoms with Crippen LogP contribution in [0.3, 0.4) is 0 Å². The SMILES string of the molecule is CC1(C)C(O)CC1NC(=O)c1cc(-c2cccs2)on1. The Kier molecular flexibility index (Phi) is 3.14. The van der Waals surface area contributed by atoms with E-state index in [4.69, 9.17) is 4.52 Å². The number of carbonyl (C=O) groups is 1. The Hall–Kier alpha value is -1.66. The third-order valence-corrected chi connectivity index (χ3v) is 4.91. The second-order valence-electron chi connectivity index (χ2n) is 5.65. The normalized spacial score (nSPS) is 24.1. The Balaban J connectivity index is 1.70. The minimum Gasteiger partial charge on any atom is -0.392 e. The van der Waals surface area contributed by atoms with E-state index in [9.17, 15) is 9.90 Å². The van der Waals surface area contributed by atoms with Gasteiger partial charge in [-0.25, -0.2) is 0 Å². The van der Waals surface area contributed by atoms with Crippen molar-refractivity contribution < 1.29 is 14.4 Å². The first-order valence-corrected chi connectivity index (χ1v) is 7.36. The molecule has 0 radical (unpaired) electrons. The largest absolute Gasteiger partial charge is 0.392 e. The van der Waals surface area contributed by atoms with E-state index in [-0.39, 0.29) is 29.2 Å². The average molecular weight is 292 g/mol. The Bertz CT molecular complexity index is 618. The highest BCUT2D eigenvalue weighted by Crippen LogP contribution is 2.40. The quantitative estimate of drug-likeness (QED) is 0.910. The number of aromatic nitrogens is 1. The molecule has 0 aromatic carbocycles. The molecule has 2 unspecified atom stereocenters. The van der Waals surface area contributed by atoms with Gasteiger partial charge in [-0.3, -0.25) is 4.79 Å². The van der Waals surface area contributed by atoms with Crippen molar-refractivity contribution in [2.45, 2.75) is 32.4 Å². The minimum atomic E-state index is -0.369. The topological polar surface area (TPSA) is 75.4 Å². The van der Waals surface area contributed by atoms with E-state index in [2.05, 4.69) is 10.5 Å². The molecular weight excluding hydrogens is 276 g/mol. The first-order valence-electron chi connectivity index (χ1n) is 6.48. The van der Waals surface area contributed by atoms with Crippen LogP contribution in [0.5, 0.6) is 0 Å². The molecule has 0 saturated heterocycles. The minimum absolute atomic E-state index is 0.0353. The van der Waals surface area contributed by atoms with Crippen LogP contribution in [0.1, 0.15) is 30.8 Å². The first-order chi connectivity index (χ1) is 9.48. The summed E-state index contributed by atoms with van der Waals surface area (Å²) in [5, 5.41) is 18.3. The summed E-state index contributed by atoms with van der Waals surface area (Å²) >= 11 is 1.53. The van der Waals surface area contributed by atoms with Crippen LogP contribution < -0.4 is 5.32 Å². The molecule has 1 amide bonds. The van der Waals surface area contributed by atoms with Crippen molar-refractivity contribution >= 4 is 17.2 Å². The fourth-order valence-electron chi connectivity index (χ4n) is 2.30. The predicted octanol–water partition coefficient (Wildman–Crippen LogP) is 2.29. The van der Waals surface area contributed by atoms with Crippen molar-refractivity contribution in [2.24, 2.45) is 5.41 Å². The van der Waals surface area contributed by atoms with Crippen molar-refractivity contribution in [3.05, 3.63) is 29.3 Å². The summed E-state index contributed by atoms with van der Waals surface area (Å²) in [4.78, 5) is 13.1. The molecule has 1 saturated carbocycles. The van der Waals surface area contributed by atoms with Gasteiger partial charge in [0.25, 0.3) is 5.91 Å². The Morgan fingerprint density at radius 2 is 2.40 bits per heavy atom. The Morgan fingerprint density at radius 3 is 3.00 bits per heavy atom. The number of thiophene rings is 1. The fraction of sp³-hybridized carbons (Fsp3) is 0.429. The number of amides is 1. The molecule has 2 atom stereocenters. The molecule has 6 heteroatoms. The van der Waals surface area contributed by atoms with Crippen molar-refractivity contribution in [2.75, 3.05) is 0 Å². The van der Waals surface area contributed by atoms with Crippen LogP contribution in [0, 0.1) is 5.41 Å². The van der Waals surface area contributed by atoms with E-state index in [0.717, 1.165) is 4.88 Å². The van der Waals surface area contributed by atoms with Crippen LogP contribution >= 0.6 is 11.3 Å². The number of aliphatic hydroxyl groups is 1. The number of hydrogen-bond donors (Lipinski definition) is 2. The van der Waals surface area contributed by atoms with Gasteiger partial charge in [0.1, 0.15) is 0 Å². The molecule has 5 nitrogen and oxygen atoms in total. The van der Waals surface area contributed by atoms with E-state index in [1.807, 2.05) is 31.4 Å². The highest BCUT2D eigenvalue weighted by Gasteiger charge is 2.48. The highest BCUT2D eigenvalue weighted by atomic mass is 32.1. The van der Waals surface area contributed by atoms with Gasteiger partial charge in [0.05, 0.1) is 11.0 Å². The molecular formula is C14H16N2O3S. The standard InChI is InChI=1S/C14H16N2O3S/c1-14(2)11(7-12(14)17)15-13(18)8-6-9(19-16-8)10-4-3-5-20-10/h3-6,11-12,17H,7H2,1-2H3,(H,15,18). The molecule has 3 rings (SSSR count). The molecule has 2 aromatic heterocycles. The zero-order valence-corrected chi connectivity index (χ0v) is 12.1. The maximum atomic E-state index is 12.1. The molecule has 2 aromatic rings. The lowest BCUT2D eigenvalue weighted by molar-refractivity contribution is -0.0690. The maximum Gasteiger partial charge on any atom is 0.273 e. The smallest absolute Gasteiger partial charge is 0.273 e. The number of aliphatic hydroxyl groups excluding tert-OH is 1. The lowest BCUT2D eigenvalue weighted by Crippen LogP contribution is -2.61.